The van der Waals surface area contributed by atoms with Crippen molar-refractivity contribution in [1.29, 1.82) is 0 Å². The minimum atomic E-state index is -0.711. The first-order valence-corrected chi connectivity index (χ1v) is 1.99. The van der Waals surface area contributed by atoms with Crippen molar-refractivity contribution in [3.05, 3.63) is 0 Å². The molecule has 3 radical (unpaired) electrons. The van der Waals surface area contributed by atoms with E-state index in [9.17, 15) is 4.79 Å². The molecule has 0 heterocycles. The van der Waals surface area contributed by atoms with Gasteiger partial charge in [-0.05, 0) is 6.42 Å². The smallest absolute Gasteiger partial charge is 0.303 e. The van der Waals surface area contributed by atoms with Gasteiger partial charge in [0.05, 0.1) is 0 Å². The van der Waals surface area contributed by atoms with E-state index in [-0.39, 0.29) is 18.0 Å². The topological polar surface area (TPSA) is 37.3 Å². The Morgan fingerprint density at radius 3 is 2.14 bits per heavy atom. The van der Waals surface area contributed by atoms with Crippen LogP contribution in [0.2, 0.25) is 0 Å². The Labute approximate surface area is 54.2 Å². The van der Waals surface area contributed by atoms with Crippen molar-refractivity contribution in [2.24, 2.45) is 0 Å². The fourth-order valence-corrected chi connectivity index (χ4v) is 0.214. The van der Waals surface area contributed by atoms with E-state index in [1.54, 1.807) is 0 Å². The molecule has 0 spiro atoms. The number of rotatable bonds is 2. The summed E-state index contributed by atoms with van der Waals surface area (Å²) >= 11 is 0. The summed E-state index contributed by atoms with van der Waals surface area (Å²) in [7, 11) is 0. The van der Waals surface area contributed by atoms with Gasteiger partial charge in [0, 0.05) is 24.4 Å². The van der Waals surface area contributed by atoms with Gasteiger partial charge in [-0.15, -0.1) is 0 Å². The van der Waals surface area contributed by atoms with Crippen molar-refractivity contribution in [2.75, 3.05) is 0 Å². The van der Waals surface area contributed by atoms with Gasteiger partial charge in [-0.3, -0.25) is 4.79 Å². The number of hydrogen-bond acceptors (Lipinski definition) is 1. The third-order valence-electron chi connectivity index (χ3n) is 0.464. The Balaban J connectivity index is 0. The number of carboxylic acid groups (broad SMARTS) is 1. The number of aliphatic carboxylic acids is 1. The van der Waals surface area contributed by atoms with E-state index in [4.69, 9.17) is 5.11 Å². The van der Waals surface area contributed by atoms with Gasteiger partial charge in [-0.25, -0.2) is 0 Å². The van der Waals surface area contributed by atoms with Gasteiger partial charge in [0.2, 0.25) is 0 Å². The van der Waals surface area contributed by atoms with Crippen molar-refractivity contribution in [2.45, 2.75) is 19.8 Å². The van der Waals surface area contributed by atoms with Crippen molar-refractivity contribution in [3.63, 3.8) is 0 Å². The normalized spacial score (nSPS) is 7.00. The molecule has 0 amide bonds. The van der Waals surface area contributed by atoms with Gasteiger partial charge in [0.25, 0.3) is 0 Å². The molecule has 0 aromatic carbocycles. The van der Waals surface area contributed by atoms with Gasteiger partial charge in [0.1, 0.15) is 0 Å². The maximum absolute atomic E-state index is 9.60. The monoisotopic (exact) mass is 163 g/mol. The molecule has 0 saturated carbocycles. The molecular formula is C4H8AsO2. The first-order chi connectivity index (χ1) is 2.77. The van der Waals surface area contributed by atoms with E-state index < -0.39 is 5.97 Å². The van der Waals surface area contributed by atoms with Crippen LogP contribution in [0.1, 0.15) is 19.8 Å². The summed E-state index contributed by atoms with van der Waals surface area (Å²) in [6.07, 6.45) is 1.02. The molecule has 0 aliphatic carbocycles. The molecular weight excluding hydrogens is 155 g/mol. The maximum atomic E-state index is 9.60. The zero-order chi connectivity index (χ0) is 4.99. The molecule has 0 unspecified atom stereocenters. The molecule has 41 valence electrons. The van der Waals surface area contributed by atoms with Crippen molar-refractivity contribution in [3.8, 4) is 0 Å². The second-order valence-corrected chi connectivity index (χ2v) is 1.14. The van der Waals surface area contributed by atoms with E-state index in [1.807, 2.05) is 6.92 Å². The molecule has 0 aromatic rings. The summed E-state index contributed by atoms with van der Waals surface area (Å²) in [5.41, 5.74) is 0. The Kier molecular flexibility index (Phi) is 8.70. The standard InChI is InChI=1S/C4H8O2.As/c1-2-3-4(5)6;/h2-3H2,1H3,(H,5,6);. The largest absolute Gasteiger partial charge is 0.481 e. The van der Waals surface area contributed by atoms with E-state index >= 15 is 0 Å². The summed E-state index contributed by atoms with van der Waals surface area (Å²) in [6, 6.07) is 0. The van der Waals surface area contributed by atoms with Crippen LogP contribution in [0.3, 0.4) is 0 Å². The maximum Gasteiger partial charge on any atom is 0.303 e. The SMILES string of the molecule is CCCC(=O)O.[As]. The minimum absolute atomic E-state index is 0. The van der Waals surface area contributed by atoms with Crippen molar-refractivity contribution >= 4 is 23.9 Å². The fraction of sp³-hybridized carbons (Fsp3) is 0.750. The number of hydrogen-bond donors (Lipinski definition) is 1. The van der Waals surface area contributed by atoms with Crippen LogP contribution >= 0.6 is 0 Å². The van der Waals surface area contributed by atoms with Crippen LogP contribution in [0.15, 0.2) is 0 Å². The van der Waals surface area contributed by atoms with E-state index in [1.165, 1.54) is 0 Å². The molecule has 0 saturated heterocycles. The predicted octanol–water partition coefficient (Wildman–Crippen LogP) is 0.490. The van der Waals surface area contributed by atoms with Crippen LogP contribution in [0.5, 0.6) is 0 Å². The fourth-order valence-electron chi connectivity index (χ4n) is 0.214. The molecule has 0 aliphatic heterocycles. The molecule has 0 aromatic heterocycles. The second kappa shape index (κ2) is 6.03. The van der Waals surface area contributed by atoms with Gasteiger partial charge in [0.15, 0.2) is 0 Å². The molecule has 7 heavy (non-hydrogen) atoms. The summed E-state index contributed by atoms with van der Waals surface area (Å²) in [6.45, 7) is 1.84. The average Bonchev–Trinajstić information content (AvgIpc) is 1.35. The number of carboxylic acids is 1. The summed E-state index contributed by atoms with van der Waals surface area (Å²) in [5.74, 6) is -0.711. The van der Waals surface area contributed by atoms with Crippen LogP contribution in [0.4, 0.5) is 0 Å². The van der Waals surface area contributed by atoms with E-state index in [0.29, 0.717) is 6.42 Å². The van der Waals surface area contributed by atoms with E-state index in [0.717, 1.165) is 6.42 Å². The Hall–Kier alpha value is 0.0284. The van der Waals surface area contributed by atoms with Crippen LogP contribution < -0.4 is 0 Å². The quantitative estimate of drug-likeness (QED) is 0.601. The molecule has 0 aliphatic rings. The third-order valence-corrected chi connectivity index (χ3v) is 0.464. The first-order valence-electron chi connectivity index (χ1n) is 1.99. The molecule has 0 atom stereocenters. The van der Waals surface area contributed by atoms with Crippen LogP contribution in [0.25, 0.3) is 0 Å². The Morgan fingerprint density at radius 2 is 2.14 bits per heavy atom. The molecule has 0 rings (SSSR count). The van der Waals surface area contributed by atoms with Gasteiger partial charge in [-0.1, -0.05) is 6.92 Å². The molecule has 0 bridgehead atoms. The van der Waals surface area contributed by atoms with Crippen LogP contribution in [-0.2, 0) is 4.79 Å². The first kappa shape index (κ1) is 10.1. The Morgan fingerprint density at radius 1 is 1.71 bits per heavy atom. The predicted molar refractivity (Wildman–Crippen MR) is 28.3 cm³/mol. The van der Waals surface area contributed by atoms with Crippen molar-refractivity contribution in [1.82, 2.24) is 0 Å². The van der Waals surface area contributed by atoms with Gasteiger partial charge < -0.3 is 5.11 Å². The minimum Gasteiger partial charge on any atom is -0.481 e. The van der Waals surface area contributed by atoms with Crippen molar-refractivity contribution < 1.29 is 9.90 Å². The zero-order valence-electron chi connectivity index (χ0n) is 4.22. The van der Waals surface area contributed by atoms with Gasteiger partial charge >= 0.3 is 5.97 Å². The summed E-state index contributed by atoms with van der Waals surface area (Å²) in [5, 5.41) is 7.91. The molecule has 0 fully saturated rings. The van der Waals surface area contributed by atoms with Gasteiger partial charge in [-0.2, -0.15) is 0 Å². The average molecular weight is 163 g/mol. The van der Waals surface area contributed by atoms with E-state index in [2.05, 4.69) is 0 Å². The number of carbonyl (C=O) groups is 1. The van der Waals surface area contributed by atoms with Crippen LogP contribution in [0, 0.1) is 0 Å². The molecule has 3 heteroatoms. The molecule has 1 N–H and O–H groups in total. The summed E-state index contributed by atoms with van der Waals surface area (Å²) < 4.78 is 0. The Bertz CT molecular complexity index is 53.7. The third kappa shape index (κ3) is 10.7. The molecule has 2 nitrogen and oxygen atoms in total. The second-order valence-electron chi connectivity index (χ2n) is 1.14. The zero-order valence-corrected chi connectivity index (χ0v) is 6.09. The summed E-state index contributed by atoms with van der Waals surface area (Å²) in [4.78, 5) is 9.60. The van der Waals surface area contributed by atoms with Crippen LogP contribution in [-0.4, -0.2) is 29.0 Å².